The predicted octanol–water partition coefficient (Wildman–Crippen LogP) is 2.33. The van der Waals surface area contributed by atoms with E-state index in [2.05, 4.69) is 15.3 Å². The van der Waals surface area contributed by atoms with Gasteiger partial charge in [0.1, 0.15) is 36.4 Å². The molecule has 8 nitrogen and oxygen atoms in total. The number of oxazole rings is 1. The summed E-state index contributed by atoms with van der Waals surface area (Å²) in [6.45, 7) is -0.515. The lowest BCUT2D eigenvalue weighted by Crippen LogP contribution is -2.28. The van der Waals surface area contributed by atoms with Crippen molar-refractivity contribution >= 4 is 16.9 Å². The highest BCUT2D eigenvalue weighted by Gasteiger charge is 2.12. The number of carbonyl (C=O) groups excluding carboxylic acids is 1. The Morgan fingerprint density at radius 2 is 1.93 bits per heavy atom. The number of carbonyl (C=O) groups is 1. The fourth-order valence-corrected chi connectivity index (χ4v) is 2.55. The van der Waals surface area contributed by atoms with Crippen molar-refractivity contribution in [2.24, 2.45) is 0 Å². The minimum absolute atomic E-state index is 0.140. The third kappa shape index (κ3) is 3.63. The van der Waals surface area contributed by atoms with Crippen LogP contribution in [-0.4, -0.2) is 25.9 Å². The minimum atomic E-state index is -0.669. The fourth-order valence-electron chi connectivity index (χ4n) is 2.55. The molecule has 28 heavy (non-hydrogen) atoms. The first kappa shape index (κ1) is 17.5. The van der Waals surface area contributed by atoms with Crippen LogP contribution in [0.1, 0.15) is 5.69 Å². The van der Waals surface area contributed by atoms with Crippen LogP contribution in [0.25, 0.3) is 22.4 Å². The lowest BCUT2D eigenvalue weighted by molar-refractivity contribution is -0.146. The van der Waals surface area contributed by atoms with Crippen molar-refractivity contribution < 1.29 is 18.3 Å². The maximum Gasteiger partial charge on any atom is 0.328 e. The summed E-state index contributed by atoms with van der Waals surface area (Å²) < 4.78 is 24.3. The summed E-state index contributed by atoms with van der Waals surface area (Å²) in [5.41, 5.74) is 0.997. The van der Waals surface area contributed by atoms with Gasteiger partial charge in [0.05, 0.1) is 5.39 Å². The lowest BCUT2D eigenvalue weighted by Gasteiger charge is -2.05. The first-order chi connectivity index (χ1) is 13.6. The third-order valence-electron chi connectivity index (χ3n) is 3.93. The lowest BCUT2D eigenvalue weighted by atomic mass is 10.2. The van der Waals surface area contributed by atoms with Crippen molar-refractivity contribution in [3.8, 4) is 11.5 Å². The Labute approximate surface area is 157 Å². The number of benzene rings is 2. The summed E-state index contributed by atoms with van der Waals surface area (Å²) in [5.74, 6) is -0.753. The zero-order chi connectivity index (χ0) is 19.5. The Hall–Kier alpha value is -3.88. The van der Waals surface area contributed by atoms with Gasteiger partial charge in [-0.2, -0.15) is 4.68 Å². The molecule has 9 heteroatoms. The number of rotatable bonds is 5. The maximum absolute atomic E-state index is 13.0. The highest BCUT2D eigenvalue weighted by Crippen LogP contribution is 2.19. The highest BCUT2D eigenvalue weighted by molar-refractivity contribution is 5.77. The average Bonchev–Trinajstić information content (AvgIpc) is 3.18. The van der Waals surface area contributed by atoms with Crippen LogP contribution >= 0.6 is 0 Å². The SMILES string of the molecule is O=C(Cn1nnc2ccccc2c1=O)OCc1coc(-c2ccc(F)cc2)n1. The van der Waals surface area contributed by atoms with Gasteiger partial charge in [-0.15, -0.1) is 5.10 Å². The van der Waals surface area contributed by atoms with Crippen molar-refractivity contribution in [2.75, 3.05) is 0 Å². The molecule has 4 aromatic rings. The molecule has 140 valence electrons. The Morgan fingerprint density at radius 3 is 2.75 bits per heavy atom. The Kier molecular flexibility index (Phi) is 4.63. The molecule has 0 aliphatic carbocycles. The molecule has 0 spiro atoms. The number of hydrogen-bond acceptors (Lipinski definition) is 7. The van der Waals surface area contributed by atoms with Gasteiger partial charge in [0.25, 0.3) is 5.56 Å². The standard InChI is InChI=1S/C19H13FN4O4/c20-13-7-5-12(6-8-13)18-21-14(11-28-18)10-27-17(25)9-24-19(26)15-3-1-2-4-16(15)22-23-24/h1-8,11H,9-10H2. The number of ether oxygens (including phenoxy) is 1. The van der Waals surface area contributed by atoms with E-state index in [0.29, 0.717) is 22.2 Å². The van der Waals surface area contributed by atoms with Crippen molar-refractivity contribution in [1.82, 2.24) is 20.0 Å². The summed E-state index contributed by atoms with van der Waals surface area (Å²) in [5, 5.41) is 8.01. The minimum Gasteiger partial charge on any atom is -0.458 e. The van der Waals surface area contributed by atoms with Crippen LogP contribution in [0.15, 0.2) is 64.0 Å². The van der Waals surface area contributed by atoms with Crippen molar-refractivity contribution in [1.29, 1.82) is 0 Å². The second-order valence-electron chi connectivity index (χ2n) is 5.88. The van der Waals surface area contributed by atoms with Gasteiger partial charge in [-0.05, 0) is 36.4 Å². The number of esters is 1. The molecular formula is C19H13FN4O4. The molecule has 0 radical (unpaired) electrons. The molecule has 0 atom stereocenters. The van der Waals surface area contributed by atoms with E-state index >= 15 is 0 Å². The van der Waals surface area contributed by atoms with Crippen LogP contribution in [0.3, 0.4) is 0 Å². The molecule has 0 saturated carbocycles. The molecule has 0 aliphatic rings. The van der Waals surface area contributed by atoms with Crippen LogP contribution in [-0.2, 0) is 22.7 Å². The van der Waals surface area contributed by atoms with Crippen molar-refractivity contribution in [3.63, 3.8) is 0 Å². The predicted molar refractivity (Wildman–Crippen MR) is 95.5 cm³/mol. The smallest absolute Gasteiger partial charge is 0.328 e. The number of fused-ring (bicyclic) bond motifs is 1. The Morgan fingerprint density at radius 1 is 1.14 bits per heavy atom. The Bertz CT molecular complexity index is 1200. The number of halogens is 1. The van der Waals surface area contributed by atoms with E-state index in [1.165, 1.54) is 30.5 Å². The molecule has 0 bridgehead atoms. The van der Waals surface area contributed by atoms with Gasteiger partial charge in [0.15, 0.2) is 0 Å². The van der Waals surface area contributed by atoms with Gasteiger partial charge < -0.3 is 9.15 Å². The molecular weight excluding hydrogens is 367 g/mol. The zero-order valence-electron chi connectivity index (χ0n) is 14.4. The second kappa shape index (κ2) is 7.39. The normalized spacial score (nSPS) is 10.9. The molecule has 0 unspecified atom stereocenters. The van der Waals surface area contributed by atoms with E-state index in [9.17, 15) is 14.0 Å². The topological polar surface area (TPSA) is 100 Å². The average molecular weight is 380 g/mol. The van der Waals surface area contributed by atoms with E-state index in [0.717, 1.165) is 4.68 Å². The number of hydrogen-bond donors (Lipinski definition) is 0. The van der Waals surface area contributed by atoms with Crippen molar-refractivity contribution in [3.05, 3.63) is 76.7 Å². The number of nitrogens with zero attached hydrogens (tertiary/aromatic N) is 4. The molecule has 0 amide bonds. The summed E-state index contributed by atoms with van der Waals surface area (Å²) in [4.78, 5) is 28.5. The molecule has 4 rings (SSSR count). The Balaban J connectivity index is 1.41. The van der Waals surface area contributed by atoms with Gasteiger partial charge in [-0.3, -0.25) is 9.59 Å². The van der Waals surface area contributed by atoms with Crippen LogP contribution in [0.2, 0.25) is 0 Å². The molecule has 0 N–H and O–H groups in total. The first-order valence-corrected chi connectivity index (χ1v) is 8.29. The van der Waals surface area contributed by atoms with Gasteiger partial charge in [-0.1, -0.05) is 17.3 Å². The first-order valence-electron chi connectivity index (χ1n) is 8.29. The van der Waals surface area contributed by atoms with Gasteiger partial charge in [-0.25, -0.2) is 9.37 Å². The summed E-state index contributed by atoms with van der Waals surface area (Å²) in [6, 6.07) is 12.4. The number of aromatic nitrogens is 4. The monoisotopic (exact) mass is 380 g/mol. The van der Waals surface area contributed by atoms with E-state index in [4.69, 9.17) is 9.15 Å². The summed E-state index contributed by atoms with van der Waals surface area (Å²) >= 11 is 0. The molecule has 2 aromatic heterocycles. The largest absolute Gasteiger partial charge is 0.458 e. The summed E-state index contributed by atoms with van der Waals surface area (Å²) in [7, 11) is 0. The van der Waals surface area contributed by atoms with Crippen LogP contribution in [0, 0.1) is 5.82 Å². The van der Waals surface area contributed by atoms with Crippen LogP contribution in [0.5, 0.6) is 0 Å². The quantitative estimate of drug-likeness (QED) is 0.490. The zero-order valence-corrected chi connectivity index (χ0v) is 14.4. The van der Waals surface area contributed by atoms with E-state index in [1.807, 2.05) is 0 Å². The van der Waals surface area contributed by atoms with Crippen LogP contribution in [0.4, 0.5) is 4.39 Å². The van der Waals surface area contributed by atoms with Gasteiger partial charge in [0, 0.05) is 5.56 Å². The highest BCUT2D eigenvalue weighted by atomic mass is 19.1. The molecule has 0 fully saturated rings. The van der Waals surface area contributed by atoms with Gasteiger partial charge >= 0.3 is 5.97 Å². The molecule has 2 heterocycles. The fraction of sp³-hybridized carbons (Fsp3) is 0.105. The molecule has 0 aliphatic heterocycles. The third-order valence-corrected chi connectivity index (χ3v) is 3.93. The van der Waals surface area contributed by atoms with E-state index in [1.54, 1.807) is 24.3 Å². The molecule has 2 aromatic carbocycles. The van der Waals surface area contributed by atoms with E-state index < -0.39 is 11.5 Å². The van der Waals surface area contributed by atoms with Crippen molar-refractivity contribution in [2.45, 2.75) is 13.2 Å². The molecule has 0 saturated heterocycles. The second-order valence-corrected chi connectivity index (χ2v) is 5.88. The van der Waals surface area contributed by atoms with E-state index in [-0.39, 0.29) is 24.9 Å². The summed E-state index contributed by atoms with van der Waals surface area (Å²) in [6.07, 6.45) is 1.34. The maximum atomic E-state index is 13.0. The van der Waals surface area contributed by atoms with Crippen LogP contribution < -0.4 is 5.56 Å². The van der Waals surface area contributed by atoms with Gasteiger partial charge in [0.2, 0.25) is 5.89 Å².